The van der Waals surface area contributed by atoms with Crippen LogP contribution in [0.5, 0.6) is 11.5 Å². The highest BCUT2D eigenvalue weighted by Gasteiger charge is 2.07. The summed E-state index contributed by atoms with van der Waals surface area (Å²) in [5, 5.41) is 11.4. The van der Waals surface area contributed by atoms with Crippen LogP contribution >= 0.6 is 0 Å². The van der Waals surface area contributed by atoms with Crippen LogP contribution in [0, 0.1) is 0 Å². The topological polar surface area (TPSA) is 46.5 Å². The molecule has 0 amide bonds. The molecule has 0 heterocycles. The van der Waals surface area contributed by atoms with Gasteiger partial charge in [0.25, 0.3) is 0 Å². The van der Waals surface area contributed by atoms with Crippen LogP contribution in [0.3, 0.4) is 0 Å². The quantitative estimate of drug-likeness (QED) is 0.541. The standard InChI is InChI=1S/C21H18O3/c1-2-24-21-14-9-15-5-3-4-6-18(15)19(21)12-13-20(23)16-7-10-17(22)11-8-16/h3-14,22H,2H2,1H3/b13-12+. The highest BCUT2D eigenvalue weighted by atomic mass is 16.5. The first-order valence-corrected chi connectivity index (χ1v) is 7.85. The average Bonchev–Trinajstić information content (AvgIpc) is 2.61. The van der Waals surface area contributed by atoms with Gasteiger partial charge in [0.2, 0.25) is 0 Å². The van der Waals surface area contributed by atoms with Gasteiger partial charge in [-0.05, 0) is 60.2 Å². The molecule has 0 radical (unpaired) electrons. The molecule has 0 saturated carbocycles. The minimum Gasteiger partial charge on any atom is -0.508 e. The van der Waals surface area contributed by atoms with Crippen molar-refractivity contribution in [1.82, 2.24) is 0 Å². The number of hydrogen-bond donors (Lipinski definition) is 1. The third-order valence-electron chi connectivity index (χ3n) is 3.78. The van der Waals surface area contributed by atoms with Gasteiger partial charge in [0, 0.05) is 11.1 Å². The number of benzene rings is 3. The summed E-state index contributed by atoms with van der Waals surface area (Å²) in [5.41, 5.74) is 1.42. The van der Waals surface area contributed by atoms with Crippen molar-refractivity contribution in [3.63, 3.8) is 0 Å². The van der Waals surface area contributed by atoms with Crippen molar-refractivity contribution in [2.75, 3.05) is 6.61 Å². The monoisotopic (exact) mass is 318 g/mol. The molecule has 0 aliphatic carbocycles. The van der Waals surface area contributed by atoms with E-state index in [1.165, 1.54) is 18.2 Å². The Bertz CT molecular complexity index is 893. The number of rotatable bonds is 5. The summed E-state index contributed by atoms with van der Waals surface area (Å²) >= 11 is 0. The normalized spacial score (nSPS) is 11.0. The molecule has 0 spiro atoms. The summed E-state index contributed by atoms with van der Waals surface area (Å²) in [6, 6.07) is 18.2. The second-order valence-corrected chi connectivity index (χ2v) is 5.38. The largest absolute Gasteiger partial charge is 0.508 e. The number of ether oxygens (including phenoxy) is 1. The van der Waals surface area contributed by atoms with Crippen molar-refractivity contribution in [2.24, 2.45) is 0 Å². The van der Waals surface area contributed by atoms with E-state index in [4.69, 9.17) is 4.74 Å². The first kappa shape index (κ1) is 15.8. The lowest BCUT2D eigenvalue weighted by Gasteiger charge is -2.10. The molecule has 3 aromatic rings. The second-order valence-electron chi connectivity index (χ2n) is 5.38. The summed E-state index contributed by atoms with van der Waals surface area (Å²) in [4.78, 5) is 12.3. The summed E-state index contributed by atoms with van der Waals surface area (Å²) in [5.74, 6) is 0.777. The fourth-order valence-corrected chi connectivity index (χ4v) is 2.61. The van der Waals surface area contributed by atoms with Crippen molar-refractivity contribution in [3.8, 4) is 11.5 Å². The van der Waals surface area contributed by atoms with E-state index < -0.39 is 0 Å². The third-order valence-corrected chi connectivity index (χ3v) is 3.78. The van der Waals surface area contributed by atoms with Gasteiger partial charge in [-0.3, -0.25) is 4.79 Å². The Morgan fingerprint density at radius 1 is 1.04 bits per heavy atom. The van der Waals surface area contributed by atoms with Gasteiger partial charge >= 0.3 is 0 Å². The maximum atomic E-state index is 12.3. The summed E-state index contributed by atoms with van der Waals surface area (Å²) in [7, 11) is 0. The fourth-order valence-electron chi connectivity index (χ4n) is 2.61. The van der Waals surface area contributed by atoms with Gasteiger partial charge in [-0.15, -0.1) is 0 Å². The summed E-state index contributed by atoms with van der Waals surface area (Å²) in [6.45, 7) is 2.50. The van der Waals surface area contributed by atoms with E-state index in [9.17, 15) is 9.90 Å². The Morgan fingerprint density at radius 2 is 1.79 bits per heavy atom. The number of hydrogen-bond acceptors (Lipinski definition) is 3. The Kier molecular flexibility index (Phi) is 4.62. The Hall–Kier alpha value is -3.07. The van der Waals surface area contributed by atoms with E-state index >= 15 is 0 Å². The zero-order valence-corrected chi connectivity index (χ0v) is 13.4. The number of fused-ring (bicyclic) bond motifs is 1. The van der Waals surface area contributed by atoms with Crippen molar-refractivity contribution < 1.29 is 14.6 Å². The minimum atomic E-state index is -0.120. The maximum absolute atomic E-state index is 12.3. The Balaban J connectivity index is 1.99. The number of ketones is 1. The van der Waals surface area contributed by atoms with E-state index in [0.29, 0.717) is 12.2 Å². The molecule has 0 unspecified atom stereocenters. The summed E-state index contributed by atoms with van der Waals surface area (Å²) < 4.78 is 5.70. The van der Waals surface area contributed by atoms with Crippen LogP contribution < -0.4 is 4.74 Å². The highest BCUT2D eigenvalue weighted by molar-refractivity contribution is 6.08. The molecule has 0 saturated heterocycles. The predicted octanol–water partition coefficient (Wildman–Crippen LogP) is 4.84. The van der Waals surface area contributed by atoms with Gasteiger partial charge in [0.1, 0.15) is 11.5 Å². The zero-order chi connectivity index (χ0) is 16.9. The van der Waals surface area contributed by atoms with Crippen molar-refractivity contribution in [1.29, 1.82) is 0 Å². The van der Waals surface area contributed by atoms with Crippen LogP contribution in [0.2, 0.25) is 0 Å². The molecule has 0 aromatic heterocycles. The zero-order valence-electron chi connectivity index (χ0n) is 13.4. The predicted molar refractivity (Wildman–Crippen MR) is 96.6 cm³/mol. The van der Waals surface area contributed by atoms with Gasteiger partial charge in [-0.2, -0.15) is 0 Å². The van der Waals surface area contributed by atoms with Crippen molar-refractivity contribution >= 4 is 22.6 Å². The molecular formula is C21H18O3. The molecule has 0 fully saturated rings. The van der Waals surface area contributed by atoms with Crippen LogP contribution in [0.25, 0.3) is 16.8 Å². The van der Waals surface area contributed by atoms with Gasteiger partial charge in [0.05, 0.1) is 6.61 Å². The van der Waals surface area contributed by atoms with Crippen LogP contribution in [-0.4, -0.2) is 17.5 Å². The second kappa shape index (κ2) is 7.01. The molecule has 3 aromatic carbocycles. The number of phenolic OH excluding ortho intramolecular Hbond substituents is 1. The van der Waals surface area contributed by atoms with E-state index in [1.54, 1.807) is 18.2 Å². The maximum Gasteiger partial charge on any atom is 0.185 e. The van der Waals surface area contributed by atoms with Crippen LogP contribution in [0.4, 0.5) is 0 Å². The van der Waals surface area contributed by atoms with E-state index in [-0.39, 0.29) is 11.5 Å². The lowest BCUT2D eigenvalue weighted by atomic mass is 10.0. The first-order chi connectivity index (χ1) is 11.7. The number of carbonyl (C=O) groups is 1. The van der Waals surface area contributed by atoms with Crippen LogP contribution in [0.1, 0.15) is 22.8 Å². The number of carbonyl (C=O) groups excluding carboxylic acids is 1. The third kappa shape index (κ3) is 3.30. The van der Waals surface area contributed by atoms with Gasteiger partial charge < -0.3 is 9.84 Å². The number of allylic oxidation sites excluding steroid dienone is 1. The average molecular weight is 318 g/mol. The summed E-state index contributed by atoms with van der Waals surface area (Å²) in [6.07, 6.45) is 3.33. The van der Waals surface area contributed by atoms with Crippen molar-refractivity contribution in [3.05, 3.63) is 77.9 Å². The molecule has 1 N–H and O–H groups in total. The number of aromatic hydroxyl groups is 1. The Labute approximate surface area is 140 Å². The SMILES string of the molecule is CCOc1ccc2ccccc2c1/C=C/C(=O)c1ccc(O)cc1. The molecule has 3 rings (SSSR count). The van der Waals surface area contributed by atoms with Gasteiger partial charge in [0.15, 0.2) is 5.78 Å². The number of phenols is 1. The van der Waals surface area contributed by atoms with Gasteiger partial charge in [-0.1, -0.05) is 30.3 Å². The smallest absolute Gasteiger partial charge is 0.185 e. The lowest BCUT2D eigenvalue weighted by Crippen LogP contribution is -1.96. The molecule has 0 aliphatic rings. The molecule has 3 nitrogen and oxygen atoms in total. The van der Waals surface area contributed by atoms with Crippen LogP contribution in [-0.2, 0) is 0 Å². The van der Waals surface area contributed by atoms with Gasteiger partial charge in [-0.25, -0.2) is 0 Å². The first-order valence-electron chi connectivity index (χ1n) is 7.85. The fraction of sp³-hybridized carbons (Fsp3) is 0.0952. The van der Waals surface area contributed by atoms with E-state index in [2.05, 4.69) is 0 Å². The molecule has 0 aliphatic heterocycles. The molecular weight excluding hydrogens is 300 g/mol. The highest BCUT2D eigenvalue weighted by Crippen LogP contribution is 2.29. The van der Waals surface area contributed by atoms with Crippen LogP contribution in [0.15, 0.2) is 66.7 Å². The Morgan fingerprint density at radius 3 is 2.54 bits per heavy atom. The lowest BCUT2D eigenvalue weighted by molar-refractivity contribution is 0.104. The van der Waals surface area contributed by atoms with E-state index in [1.807, 2.05) is 43.3 Å². The van der Waals surface area contributed by atoms with Crippen molar-refractivity contribution in [2.45, 2.75) is 6.92 Å². The van der Waals surface area contributed by atoms with E-state index in [0.717, 1.165) is 22.1 Å². The molecule has 0 atom stereocenters. The molecule has 120 valence electrons. The molecule has 24 heavy (non-hydrogen) atoms. The molecule has 3 heteroatoms. The minimum absolute atomic E-state index is 0.120. The molecule has 0 bridgehead atoms.